The number of hydrogen-bond donors (Lipinski definition) is 1. The van der Waals surface area contributed by atoms with Gasteiger partial charge in [-0.05, 0) is 50.1 Å². The Labute approximate surface area is 106 Å². The van der Waals surface area contributed by atoms with E-state index in [9.17, 15) is 9.18 Å². The maximum atomic E-state index is 13.1. The van der Waals surface area contributed by atoms with Crippen molar-refractivity contribution in [1.29, 1.82) is 0 Å². The summed E-state index contributed by atoms with van der Waals surface area (Å²) in [5, 5.41) is 8.58. The zero-order valence-corrected chi connectivity index (χ0v) is 10.7. The number of halogens is 1. The fraction of sp³-hybridized carbons (Fsp3) is 0.357. The highest BCUT2D eigenvalue weighted by atomic mass is 19.1. The van der Waals surface area contributed by atoms with Crippen molar-refractivity contribution < 1.29 is 19.0 Å². The van der Waals surface area contributed by atoms with Crippen molar-refractivity contribution >= 4 is 12.0 Å². The number of ether oxygens (including phenoxy) is 1. The summed E-state index contributed by atoms with van der Waals surface area (Å²) in [7, 11) is 0. The van der Waals surface area contributed by atoms with Crippen molar-refractivity contribution in [1.82, 2.24) is 0 Å². The monoisotopic (exact) mass is 252 g/mol. The number of hydrogen-bond acceptors (Lipinski definition) is 2. The molecule has 98 valence electrons. The standard InChI is InChI=1S/C14H17FO3/c1-14(2,3)18-9-11-4-6-12(15)8-10(11)5-7-13(16)17/h4-8H,9H2,1-3H3,(H,16,17). The Kier molecular flexibility index (Phi) is 4.62. The number of benzene rings is 1. The van der Waals surface area contributed by atoms with Crippen molar-refractivity contribution in [3.8, 4) is 0 Å². The molecule has 0 spiro atoms. The SMILES string of the molecule is CC(C)(C)OCc1ccc(F)cc1C=CC(=O)O. The molecule has 1 aromatic rings. The normalized spacial score (nSPS) is 12.0. The van der Waals surface area contributed by atoms with Crippen molar-refractivity contribution in [2.75, 3.05) is 0 Å². The van der Waals surface area contributed by atoms with E-state index in [0.717, 1.165) is 11.6 Å². The number of carboxylic acids is 1. The Morgan fingerprint density at radius 3 is 2.67 bits per heavy atom. The first-order valence-corrected chi connectivity index (χ1v) is 5.61. The molecule has 1 aromatic carbocycles. The third kappa shape index (κ3) is 5.10. The molecule has 0 heterocycles. The lowest BCUT2D eigenvalue weighted by Gasteiger charge is -2.20. The summed E-state index contributed by atoms with van der Waals surface area (Å²) in [5.74, 6) is -1.47. The average Bonchev–Trinajstić information content (AvgIpc) is 2.23. The second-order valence-electron chi connectivity index (χ2n) is 4.92. The molecular weight excluding hydrogens is 235 g/mol. The number of aliphatic carboxylic acids is 1. The summed E-state index contributed by atoms with van der Waals surface area (Å²) in [6.45, 7) is 6.07. The van der Waals surface area contributed by atoms with Gasteiger partial charge in [-0.1, -0.05) is 6.07 Å². The van der Waals surface area contributed by atoms with Crippen LogP contribution in [0.5, 0.6) is 0 Å². The van der Waals surface area contributed by atoms with Crippen LogP contribution in [0.25, 0.3) is 6.08 Å². The zero-order valence-electron chi connectivity index (χ0n) is 10.7. The molecule has 1 N–H and O–H groups in total. The number of carbonyl (C=O) groups is 1. The molecule has 0 fully saturated rings. The minimum Gasteiger partial charge on any atom is -0.478 e. The van der Waals surface area contributed by atoms with E-state index in [0.29, 0.717) is 12.2 Å². The van der Waals surface area contributed by atoms with Gasteiger partial charge in [-0.15, -0.1) is 0 Å². The summed E-state index contributed by atoms with van der Waals surface area (Å²) in [6.07, 6.45) is 2.35. The number of carboxylic acid groups (broad SMARTS) is 1. The third-order valence-electron chi connectivity index (χ3n) is 2.17. The van der Waals surface area contributed by atoms with Gasteiger partial charge in [0.2, 0.25) is 0 Å². The van der Waals surface area contributed by atoms with E-state index in [4.69, 9.17) is 9.84 Å². The lowest BCUT2D eigenvalue weighted by Crippen LogP contribution is -2.19. The Morgan fingerprint density at radius 2 is 2.11 bits per heavy atom. The van der Waals surface area contributed by atoms with Crippen LogP contribution < -0.4 is 0 Å². The first-order valence-electron chi connectivity index (χ1n) is 5.61. The van der Waals surface area contributed by atoms with Crippen LogP contribution in [-0.2, 0) is 16.1 Å². The van der Waals surface area contributed by atoms with Crippen LogP contribution in [0, 0.1) is 5.82 Å². The molecule has 0 saturated carbocycles. The summed E-state index contributed by atoms with van der Waals surface area (Å²) in [5.41, 5.74) is 0.966. The van der Waals surface area contributed by atoms with Crippen molar-refractivity contribution in [2.45, 2.75) is 33.0 Å². The highest BCUT2D eigenvalue weighted by molar-refractivity contribution is 5.85. The van der Waals surface area contributed by atoms with Crippen LogP contribution in [0.3, 0.4) is 0 Å². The third-order valence-corrected chi connectivity index (χ3v) is 2.17. The van der Waals surface area contributed by atoms with Crippen LogP contribution in [0.1, 0.15) is 31.9 Å². The van der Waals surface area contributed by atoms with Gasteiger partial charge in [0.05, 0.1) is 12.2 Å². The van der Waals surface area contributed by atoms with E-state index >= 15 is 0 Å². The van der Waals surface area contributed by atoms with Gasteiger partial charge < -0.3 is 9.84 Å². The van der Waals surface area contributed by atoms with E-state index in [-0.39, 0.29) is 5.60 Å². The van der Waals surface area contributed by atoms with E-state index in [1.54, 1.807) is 6.07 Å². The molecule has 4 heteroatoms. The van der Waals surface area contributed by atoms with Gasteiger partial charge in [0.1, 0.15) is 5.82 Å². The molecule has 0 amide bonds. The van der Waals surface area contributed by atoms with Gasteiger partial charge in [0, 0.05) is 6.08 Å². The smallest absolute Gasteiger partial charge is 0.328 e. The quantitative estimate of drug-likeness (QED) is 0.837. The molecule has 18 heavy (non-hydrogen) atoms. The second kappa shape index (κ2) is 5.78. The maximum Gasteiger partial charge on any atom is 0.328 e. The minimum atomic E-state index is -1.07. The molecule has 0 bridgehead atoms. The molecule has 0 radical (unpaired) electrons. The van der Waals surface area contributed by atoms with E-state index in [2.05, 4.69) is 0 Å². The zero-order chi connectivity index (χ0) is 13.8. The minimum absolute atomic E-state index is 0.303. The highest BCUT2D eigenvalue weighted by Gasteiger charge is 2.11. The summed E-state index contributed by atoms with van der Waals surface area (Å²) in [4.78, 5) is 10.5. The van der Waals surface area contributed by atoms with E-state index in [1.165, 1.54) is 18.2 Å². The fourth-order valence-corrected chi connectivity index (χ4v) is 1.31. The van der Waals surface area contributed by atoms with Crippen LogP contribution in [0.2, 0.25) is 0 Å². The molecule has 0 atom stereocenters. The van der Waals surface area contributed by atoms with Crippen molar-refractivity contribution in [3.05, 3.63) is 41.2 Å². The first-order chi connectivity index (χ1) is 8.28. The van der Waals surface area contributed by atoms with Crippen LogP contribution in [0.4, 0.5) is 4.39 Å². The van der Waals surface area contributed by atoms with Gasteiger partial charge in [-0.25, -0.2) is 9.18 Å². The molecule has 0 saturated heterocycles. The van der Waals surface area contributed by atoms with E-state index in [1.807, 2.05) is 20.8 Å². The molecule has 0 aliphatic rings. The Hall–Kier alpha value is -1.68. The predicted octanol–water partition coefficient (Wildman–Crippen LogP) is 3.24. The Balaban J connectivity index is 2.93. The first kappa shape index (κ1) is 14.4. The van der Waals surface area contributed by atoms with Gasteiger partial charge in [-0.2, -0.15) is 0 Å². The van der Waals surface area contributed by atoms with Gasteiger partial charge in [0.25, 0.3) is 0 Å². The van der Waals surface area contributed by atoms with Gasteiger partial charge in [0.15, 0.2) is 0 Å². The average molecular weight is 252 g/mol. The van der Waals surface area contributed by atoms with Crippen molar-refractivity contribution in [2.24, 2.45) is 0 Å². The van der Waals surface area contributed by atoms with E-state index < -0.39 is 11.8 Å². The molecule has 0 aliphatic carbocycles. The Bertz CT molecular complexity index is 459. The molecular formula is C14H17FO3. The highest BCUT2D eigenvalue weighted by Crippen LogP contribution is 2.18. The number of rotatable bonds is 4. The second-order valence-corrected chi connectivity index (χ2v) is 4.92. The van der Waals surface area contributed by atoms with Gasteiger partial charge >= 0.3 is 5.97 Å². The van der Waals surface area contributed by atoms with Gasteiger partial charge in [-0.3, -0.25) is 0 Å². The van der Waals surface area contributed by atoms with Crippen LogP contribution in [-0.4, -0.2) is 16.7 Å². The molecule has 3 nitrogen and oxygen atoms in total. The van der Waals surface area contributed by atoms with Crippen LogP contribution >= 0.6 is 0 Å². The summed E-state index contributed by atoms with van der Waals surface area (Å²) < 4.78 is 18.7. The lowest BCUT2D eigenvalue weighted by atomic mass is 10.1. The molecule has 0 aliphatic heterocycles. The van der Waals surface area contributed by atoms with Crippen molar-refractivity contribution in [3.63, 3.8) is 0 Å². The summed E-state index contributed by atoms with van der Waals surface area (Å²) in [6, 6.07) is 4.23. The maximum absolute atomic E-state index is 13.1. The molecule has 1 rings (SSSR count). The topological polar surface area (TPSA) is 46.5 Å². The largest absolute Gasteiger partial charge is 0.478 e. The summed E-state index contributed by atoms with van der Waals surface area (Å²) >= 11 is 0. The predicted molar refractivity (Wildman–Crippen MR) is 67.6 cm³/mol. The Morgan fingerprint density at radius 1 is 1.44 bits per heavy atom. The fourth-order valence-electron chi connectivity index (χ4n) is 1.31. The van der Waals surface area contributed by atoms with Crippen LogP contribution in [0.15, 0.2) is 24.3 Å². The lowest BCUT2D eigenvalue weighted by molar-refractivity contribution is -0.131. The molecule has 0 aromatic heterocycles. The molecule has 0 unspecified atom stereocenters.